The first-order chi connectivity index (χ1) is 8.22. The van der Waals surface area contributed by atoms with Crippen LogP contribution in [0.4, 0.5) is 11.5 Å². The van der Waals surface area contributed by atoms with E-state index in [1.807, 2.05) is 30.1 Å². The van der Waals surface area contributed by atoms with Crippen molar-refractivity contribution in [1.82, 2.24) is 9.97 Å². The molecule has 0 spiro atoms. The molecule has 0 radical (unpaired) electrons. The van der Waals surface area contributed by atoms with Gasteiger partial charge in [-0.3, -0.25) is 0 Å². The Bertz CT molecular complexity index is 573. The summed E-state index contributed by atoms with van der Waals surface area (Å²) in [5, 5.41) is 9.50. The van der Waals surface area contributed by atoms with Gasteiger partial charge in [-0.05, 0) is 18.2 Å². The van der Waals surface area contributed by atoms with Crippen LogP contribution < -0.4 is 10.6 Å². The quantitative estimate of drug-likeness (QED) is 0.805. The molecular weight excluding hydrogens is 214 g/mol. The SMILES string of the molecule is CN(CCC#N)c1ncnc2ccc(N)cc12. The van der Waals surface area contributed by atoms with Gasteiger partial charge in [0, 0.05) is 24.7 Å². The molecule has 0 saturated heterocycles. The maximum absolute atomic E-state index is 8.59. The number of anilines is 2. The van der Waals surface area contributed by atoms with E-state index in [-0.39, 0.29) is 0 Å². The van der Waals surface area contributed by atoms with Gasteiger partial charge in [0.25, 0.3) is 0 Å². The average molecular weight is 227 g/mol. The van der Waals surface area contributed by atoms with E-state index in [9.17, 15) is 0 Å². The largest absolute Gasteiger partial charge is 0.399 e. The number of nitrogens with zero attached hydrogens (tertiary/aromatic N) is 4. The summed E-state index contributed by atoms with van der Waals surface area (Å²) in [5.74, 6) is 0.803. The summed E-state index contributed by atoms with van der Waals surface area (Å²) in [7, 11) is 1.91. The van der Waals surface area contributed by atoms with E-state index in [1.165, 1.54) is 6.33 Å². The van der Waals surface area contributed by atoms with Crippen molar-refractivity contribution in [3.8, 4) is 6.07 Å². The molecule has 0 fully saturated rings. The Morgan fingerprint density at radius 1 is 1.41 bits per heavy atom. The molecule has 1 aromatic carbocycles. The minimum atomic E-state index is 0.463. The molecule has 0 unspecified atom stereocenters. The Balaban J connectivity index is 2.46. The van der Waals surface area contributed by atoms with Crippen LogP contribution in [0.25, 0.3) is 10.9 Å². The highest BCUT2D eigenvalue weighted by atomic mass is 15.2. The van der Waals surface area contributed by atoms with Crippen LogP contribution in [0.5, 0.6) is 0 Å². The van der Waals surface area contributed by atoms with E-state index < -0.39 is 0 Å². The molecule has 2 N–H and O–H groups in total. The lowest BCUT2D eigenvalue weighted by atomic mass is 10.2. The number of rotatable bonds is 3. The lowest BCUT2D eigenvalue weighted by Crippen LogP contribution is -2.19. The zero-order valence-corrected chi connectivity index (χ0v) is 9.59. The maximum atomic E-state index is 8.59. The average Bonchev–Trinajstić information content (AvgIpc) is 2.35. The first-order valence-corrected chi connectivity index (χ1v) is 5.30. The van der Waals surface area contributed by atoms with Crippen molar-refractivity contribution >= 4 is 22.4 Å². The van der Waals surface area contributed by atoms with Gasteiger partial charge in [-0.25, -0.2) is 9.97 Å². The molecule has 1 heterocycles. The molecule has 5 heteroatoms. The number of aromatic nitrogens is 2. The molecule has 0 bridgehead atoms. The molecule has 86 valence electrons. The van der Waals surface area contributed by atoms with E-state index >= 15 is 0 Å². The summed E-state index contributed by atoms with van der Waals surface area (Å²) in [6.45, 7) is 0.636. The van der Waals surface area contributed by atoms with E-state index in [4.69, 9.17) is 11.0 Å². The van der Waals surface area contributed by atoms with E-state index in [2.05, 4.69) is 16.0 Å². The van der Waals surface area contributed by atoms with Crippen LogP contribution in [0.2, 0.25) is 0 Å². The Kier molecular flexibility index (Phi) is 3.06. The van der Waals surface area contributed by atoms with Crippen LogP contribution in [-0.4, -0.2) is 23.6 Å². The summed E-state index contributed by atoms with van der Waals surface area (Å²) in [6.07, 6.45) is 1.99. The summed E-state index contributed by atoms with van der Waals surface area (Å²) in [4.78, 5) is 10.4. The highest BCUT2D eigenvalue weighted by molar-refractivity contribution is 5.91. The zero-order chi connectivity index (χ0) is 12.3. The summed E-state index contributed by atoms with van der Waals surface area (Å²) < 4.78 is 0. The van der Waals surface area contributed by atoms with Gasteiger partial charge < -0.3 is 10.6 Å². The van der Waals surface area contributed by atoms with Gasteiger partial charge in [0.15, 0.2) is 0 Å². The van der Waals surface area contributed by atoms with Crippen LogP contribution in [0.3, 0.4) is 0 Å². The van der Waals surface area contributed by atoms with Gasteiger partial charge >= 0.3 is 0 Å². The molecule has 0 saturated carbocycles. The monoisotopic (exact) mass is 227 g/mol. The number of fused-ring (bicyclic) bond motifs is 1. The summed E-state index contributed by atoms with van der Waals surface area (Å²) in [6, 6.07) is 7.66. The Hall–Kier alpha value is -2.35. The fourth-order valence-corrected chi connectivity index (χ4v) is 1.69. The molecule has 0 aliphatic carbocycles. The number of hydrogen-bond donors (Lipinski definition) is 1. The topological polar surface area (TPSA) is 78.8 Å². The molecule has 5 nitrogen and oxygen atoms in total. The minimum absolute atomic E-state index is 0.463. The van der Waals surface area contributed by atoms with Crippen molar-refractivity contribution in [2.24, 2.45) is 0 Å². The van der Waals surface area contributed by atoms with Crippen molar-refractivity contribution in [2.75, 3.05) is 24.2 Å². The van der Waals surface area contributed by atoms with Gasteiger partial charge in [0.05, 0.1) is 18.0 Å². The van der Waals surface area contributed by atoms with Gasteiger partial charge in [-0.15, -0.1) is 0 Å². The van der Waals surface area contributed by atoms with Crippen LogP contribution in [-0.2, 0) is 0 Å². The highest BCUT2D eigenvalue weighted by Gasteiger charge is 2.08. The molecule has 2 aromatic rings. The van der Waals surface area contributed by atoms with Crippen molar-refractivity contribution in [2.45, 2.75) is 6.42 Å². The van der Waals surface area contributed by atoms with E-state index in [0.717, 1.165) is 16.7 Å². The second-order valence-electron chi connectivity index (χ2n) is 3.80. The third kappa shape index (κ3) is 2.26. The number of nitrogens with two attached hydrogens (primary N) is 1. The standard InChI is InChI=1S/C12H13N5/c1-17(6-2-5-13)12-10-7-9(14)3-4-11(10)15-8-16-12/h3-4,7-8H,2,6,14H2,1H3. The van der Waals surface area contributed by atoms with E-state index in [0.29, 0.717) is 18.7 Å². The molecule has 17 heavy (non-hydrogen) atoms. The molecule has 0 amide bonds. The van der Waals surface area contributed by atoms with Crippen molar-refractivity contribution < 1.29 is 0 Å². The molecule has 0 atom stereocenters. The minimum Gasteiger partial charge on any atom is -0.399 e. The zero-order valence-electron chi connectivity index (χ0n) is 9.59. The maximum Gasteiger partial charge on any atom is 0.139 e. The predicted octanol–water partition coefficient (Wildman–Crippen LogP) is 1.56. The van der Waals surface area contributed by atoms with Crippen molar-refractivity contribution in [3.05, 3.63) is 24.5 Å². The van der Waals surface area contributed by atoms with Crippen LogP contribution in [0.15, 0.2) is 24.5 Å². The normalized spacial score (nSPS) is 10.1. The van der Waals surface area contributed by atoms with Crippen LogP contribution in [0, 0.1) is 11.3 Å². The second kappa shape index (κ2) is 4.66. The molecule has 1 aromatic heterocycles. The molecule has 2 rings (SSSR count). The van der Waals surface area contributed by atoms with Crippen molar-refractivity contribution in [1.29, 1.82) is 5.26 Å². The van der Waals surface area contributed by atoms with Gasteiger partial charge in [-0.2, -0.15) is 5.26 Å². The highest BCUT2D eigenvalue weighted by Crippen LogP contribution is 2.23. The Labute approximate surface area is 99.5 Å². The molecule has 0 aliphatic rings. The first-order valence-electron chi connectivity index (χ1n) is 5.30. The smallest absolute Gasteiger partial charge is 0.139 e. The van der Waals surface area contributed by atoms with Gasteiger partial charge in [0.1, 0.15) is 12.1 Å². The van der Waals surface area contributed by atoms with Gasteiger partial charge in [-0.1, -0.05) is 0 Å². The second-order valence-corrected chi connectivity index (χ2v) is 3.80. The summed E-state index contributed by atoms with van der Waals surface area (Å²) in [5.41, 5.74) is 7.30. The predicted molar refractivity (Wildman–Crippen MR) is 67.5 cm³/mol. The molecule has 0 aliphatic heterocycles. The lowest BCUT2D eigenvalue weighted by Gasteiger charge is -2.18. The fourth-order valence-electron chi connectivity index (χ4n) is 1.69. The fraction of sp³-hybridized carbons (Fsp3) is 0.250. The van der Waals surface area contributed by atoms with Crippen LogP contribution in [0.1, 0.15) is 6.42 Å². The van der Waals surface area contributed by atoms with E-state index in [1.54, 1.807) is 0 Å². The summed E-state index contributed by atoms with van der Waals surface area (Å²) >= 11 is 0. The van der Waals surface area contributed by atoms with Gasteiger partial charge in [0.2, 0.25) is 0 Å². The number of benzene rings is 1. The first kappa shape index (κ1) is 11.1. The third-order valence-electron chi connectivity index (χ3n) is 2.56. The Morgan fingerprint density at radius 3 is 3.00 bits per heavy atom. The Morgan fingerprint density at radius 2 is 2.24 bits per heavy atom. The third-order valence-corrected chi connectivity index (χ3v) is 2.56. The van der Waals surface area contributed by atoms with Crippen LogP contribution >= 0.6 is 0 Å². The van der Waals surface area contributed by atoms with Crippen molar-refractivity contribution in [3.63, 3.8) is 0 Å². The number of nitrogen functional groups attached to an aromatic ring is 1. The number of hydrogen-bond acceptors (Lipinski definition) is 5. The molecular formula is C12H13N5. The number of nitriles is 1. The lowest BCUT2D eigenvalue weighted by molar-refractivity contribution is 0.887.